The van der Waals surface area contributed by atoms with Crippen LogP contribution >= 0.6 is 11.6 Å². The lowest BCUT2D eigenvalue weighted by Gasteiger charge is -2.08. The molecule has 1 amide bonds. The zero-order chi connectivity index (χ0) is 19.4. The van der Waals surface area contributed by atoms with Crippen LogP contribution in [0, 0.1) is 0 Å². The first-order valence-corrected chi connectivity index (χ1v) is 8.58. The van der Waals surface area contributed by atoms with E-state index in [4.69, 9.17) is 16.3 Å². The number of fused-ring (bicyclic) bond motifs is 1. The van der Waals surface area contributed by atoms with Crippen LogP contribution in [0.15, 0.2) is 53.6 Å². The highest BCUT2D eigenvalue weighted by Gasteiger charge is 2.12. The Labute approximate surface area is 160 Å². The van der Waals surface area contributed by atoms with Crippen molar-refractivity contribution < 1.29 is 19.7 Å². The third-order valence-corrected chi connectivity index (χ3v) is 4.13. The zero-order valence-electron chi connectivity index (χ0n) is 14.4. The summed E-state index contributed by atoms with van der Waals surface area (Å²) in [5, 5.41) is 25.6. The lowest BCUT2D eigenvalue weighted by atomic mass is 10.1. The summed E-state index contributed by atoms with van der Waals surface area (Å²) >= 11 is 5.96. The van der Waals surface area contributed by atoms with E-state index in [0.717, 1.165) is 10.8 Å². The Morgan fingerprint density at radius 3 is 2.59 bits per heavy atom. The highest BCUT2D eigenvalue weighted by Crippen LogP contribution is 2.34. The van der Waals surface area contributed by atoms with Crippen LogP contribution < -0.4 is 10.2 Å². The number of aromatic hydroxyl groups is 2. The summed E-state index contributed by atoms with van der Waals surface area (Å²) in [6.07, 6.45) is 1.36. The van der Waals surface area contributed by atoms with Crippen molar-refractivity contribution in [3.8, 4) is 17.2 Å². The number of amides is 1. The van der Waals surface area contributed by atoms with Crippen molar-refractivity contribution in [2.24, 2.45) is 5.10 Å². The summed E-state index contributed by atoms with van der Waals surface area (Å²) < 4.78 is 5.29. The van der Waals surface area contributed by atoms with Crippen molar-refractivity contribution in [2.75, 3.05) is 6.61 Å². The Kier molecular flexibility index (Phi) is 5.47. The molecule has 3 aromatic carbocycles. The molecule has 27 heavy (non-hydrogen) atoms. The Morgan fingerprint density at radius 2 is 1.89 bits per heavy atom. The fraction of sp³-hybridized carbons (Fsp3) is 0.100. The van der Waals surface area contributed by atoms with Gasteiger partial charge in [0.15, 0.2) is 11.5 Å². The van der Waals surface area contributed by atoms with E-state index in [9.17, 15) is 15.0 Å². The molecule has 0 heterocycles. The predicted octanol–water partition coefficient (Wildman–Crippen LogP) is 4.07. The first-order valence-electron chi connectivity index (χ1n) is 8.20. The number of carbonyl (C=O) groups excluding carboxylic acids is 1. The van der Waals surface area contributed by atoms with Gasteiger partial charge >= 0.3 is 0 Å². The second kappa shape index (κ2) is 7.97. The minimum atomic E-state index is -0.551. The maximum Gasteiger partial charge on any atom is 0.275 e. The number of ether oxygens (including phenoxy) is 1. The number of halogens is 1. The monoisotopic (exact) mass is 384 g/mol. The number of phenols is 2. The molecule has 0 saturated heterocycles. The normalized spacial score (nSPS) is 11.0. The summed E-state index contributed by atoms with van der Waals surface area (Å²) in [6, 6.07) is 13.6. The molecule has 0 aromatic heterocycles. The second-order valence-electron chi connectivity index (χ2n) is 5.70. The highest BCUT2D eigenvalue weighted by atomic mass is 35.5. The van der Waals surface area contributed by atoms with Crippen molar-refractivity contribution >= 4 is 34.5 Å². The van der Waals surface area contributed by atoms with Crippen molar-refractivity contribution in [1.29, 1.82) is 0 Å². The fourth-order valence-corrected chi connectivity index (χ4v) is 2.79. The van der Waals surface area contributed by atoms with Crippen molar-refractivity contribution in [3.05, 3.63) is 64.7 Å². The second-order valence-corrected chi connectivity index (χ2v) is 6.11. The molecule has 3 N–H and O–H groups in total. The van der Waals surface area contributed by atoms with Crippen LogP contribution in [0.4, 0.5) is 0 Å². The molecular formula is C20H17ClN2O4. The lowest BCUT2D eigenvalue weighted by molar-refractivity contribution is 0.0952. The largest absolute Gasteiger partial charge is 0.507 e. The van der Waals surface area contributed by atoms with Crippen LogP contribution in [0.1, 0.15) is 22.8 Å². The van der Waals surface area contributed by atoms with Crippen LogP contribution in [0.3, 0.4) is 0 Å². The van der Waals surface area contributed by atoms with Gasteiger partial charge in [0, 0.05) is 0 Å². The summed E-state index contributed by atoms with van der Waals surface area (Å²) in [5.74, 6) is -0.608. The van der Waals surface area contributed by atoms with E-state index in [1.165, 1.54) is 18.3 Å². The Balaban J connectivity index is 1.79. The van der Waals surface area contributed by atoms with E-state index in [2.05, 4.69) is 10.5 Å². The van der Waals surface area contributed by atoms with E-state index in [-0.39, 0.29) is 27.8 Å². The van der Waals surface area contributed by atoms with Crippen LogP contribution in [0.25, 0.3) is 10.8 Å². The average Bonchev–Trinajstić information content (AvgIpc) is 2.65. The molecule has 0 aliphatic heterocycles. The van der Waals surface area contributed by atoms with E-state index < -0.39 is 5.91 Å². The molecule has 0 spiro atoms. The number of rotatable bonds is 5. The van der Waals surface area contributed by atoms with Crippen LogP contribution in [-0.4, -0.2) is 28.9 Å². The van der Waals surface area contributed by atoms with Gasteiger partial charge < -0.3 is 14.9 Å². The molecule has 0 saturated carbocycles. The minimum absolute atomic E-state index is 0.112. The van der Waals surface area contributed by atoms with E-state index in [1.807, 2.05) is 24.3 Å². The van der Waals surface area contributed by atoms with Gasteiger partial charge in [-0.2, -0.15) is 5.10 Å². The number of hydrazone groups is 1. The molecule has 0 bridgehead atoms. The third-order valence-electron chi connectivity index (χ3n) is 3.84. The maximum absolute atomic E-state index is 12.3. The molecule has 0 aliphatic rings. The summed E-state index contributed by atoms with van der Waals surface area (Å²) in [4.78, 5) is 12.3. The van der Waals surface area contributed by atoms with Gasteiger partial charge in [-0.1, -0.05) is 35.9 Å². The van der Waals surface area contributed by atoms with Gasteiger partial charge in [-0.15, -0.1) is 0 Å². The summed E-state index contributed by atoms with van der Waals surface area (Å²) in [6.45, 7) is 2.15. The highest BCUT2D eigenvalue weighted by molar-refractivity contribution is 6.32. The van der Waals surface area contributed by atoms with E-state index in [1.54, 1.807) is 19.1 Å². The van der Waals surface area contributed by atoms with Gasteiger partial charge in [0.05, 0.1) is 23.4 Å². The molecule has 0 unspecified atom stereocenters. The number of carbonyl (C=O) groups is 1. The molecule has 0 atom stereocenters. The Morgan fingerprint density at radius 1 is 1.19 bits per heavy atom. The van der Waals surface area contributed by atoms with E-state index in [0.29, 0.717) is 12.2 Å². The number of hydrogen-bond donors (Lipinski definition) is 3. The predicted molar refractivity (Wildman–Crippen MR) is 105 cm³/mol. The standard InChI is InChI=1S/C20H17ClN2O4/c1-2-27-18-8-12(7-16(21)19(18)25)11-22-23-20(26)15-9-13-5-3-4-6-14(13)10-17(15)24/h3-11,24-25H,2H2,1H3,(H,23,26). The van der Waals surface area contributed by atoms with Gasteiger partial charge in [-0.25, -0.2) is 5.43 Å². The first kappa shape index (κ1) is 18.5. The quantitative estimate of drug-likeness (QED) is 0.457. The van der Waals surface area contributed by atoms with E-state index >= 15 is 0 Å². The third kappa shape index (κ3) is 4.12. The van der Waals surface area contributed by atoms with Crippen molar-refractivity contribution in [2.45, 2.75) is 6.92 Å². The number of nitrogens with one attached hydrogen (secondary N) is 1. The first-order chi connectivity index (χ1) is 13.0. The topological polar surface area (TPSA) is 91.2 Å². The van der Waals surface area contributed by atoms with Crippen molar-refractivity contribution in [3.63, 3.8) is 0 Å². The smallest absolute Gasteiger partial charge is 0.275 e. The Hall–Kier alpha value is -3.25. The van der Waals surface area contributed by atoms with Gasteiger partial charge in [0.25, 0.3) is 5.91 Å². The molecule has 3 rings (SSSR count). The molecule has 7 heteroatoms. The van der Waals surface area contributed by atoms with Crippen molar-refractivity contribution in [1.82, 2.24) is 5.43 Å². The maximum atomic E-state index is 12.3. The van der Waals surface area contributed by atoms with Gasteiger partial charge in [0.2, 0.25) is 0 Å². The molecular weight excluding hydrogens is 368 g/mol. The van der Waals surface area contributed by atoms with Gasteiger partial charge in [-0.05, 0) is 47.5 Å². The lowest BCUT2D eigenvalue weighted by Crippen LogP contribution is -2.17. The number of benzene rings is 3. The molecule has 0 fully saturated rings. The SMILES string of the molecule is CCOc1cc(C=NNC(=O)c2cc3ccccc3cc2O)cc(Cl)c1O. The molecule has 0 radical (unpaired) electrons. The summed E-state index contributed by atoms with van der Waals surface area (Å²) in [5.41, 5.74) is 3.01. The molecule has 3 aromatic rings. The summed E-state index contributed by atoms with van der Waals surface area (Å²) in [7, 11) is 0. The fourth-order valence-electron chi connectivity index (χ4n) is 2.57. The van der Waals surface area contributed by atoms with Crippen LogP contribution in [0.2, 0.25) is 5.02 Å². The number of nitrogens with zero attached hydrogens (tertiary/aromatic N) is 1. The van der Waals surface area contributed by atoms with Gasteiger partial charge in [0.1, 0.15) is 5.75 Å². The molecule has 138 valence electrons. The minimum Gasteiger partial charge on any atom is -0.507 e. The van der Waals surface area contributed by atoms with Crippen LogP contribution in [-0.2, 0) is 0 Å². The van der Waals surface area contributed by atoms with Gasteiger partial charge in [-0.3, -0.25) is 4.79 Å². The zero-order valence-corrected chi connectivity index (χ0v) is 15.2. The van der Waals surface area contributed by atoms with Crippen LogP contribution in [0.5, 0.6) is 17.2 Å². The average molecular weight is 385 g/mol. The number of phenolic OH excluding ortho intramolecular Hbond substituents is 2. The Bertz CT molecular complexity index is 1030. The number of hydrogen-bond acceptors (Lipinski definition) is 5. The molecule has 0 aliphatic carbocycles. The molecule has 6 nitrogen and oxygen atoms in total.